The molecule has 0 aromatic heterocycles. The summed E-state index contributed by atoms with van der Waals surface area (Å²) in [4.78, 5) is 29.1. The monoisotopic (exact) mass is 597 g/mol. The molecule has 0 heterocycles. The van der Waals surface area contributed by atoms with Crippen molar-refractivity contribution in [2.45, 2.75) is 58.5 Å². The Morgan fingerprint density at radius 2 is 1.54 bits per heavy atom. The van der Waals surface area contributed by atoms with Crippen LogP contribution in [0.25, 0.3) is 0 Å². The molecular weight excluding hydrogens is 558 g/mol. The van der Waals surface area contributed by atoms with E-state index in [-0.39, 0.29) is 24.3 Å². The molecule has 9 heteroatoms. The zero-order valence-corrected chi connectivity index (χ0v) is 26.0. The standard InChI is InChI=1S/C32H40ClN3O4S/c1-6-20-34-31(38)29(21-24-12-8-7-9-13-24)35(22-25-14-10-11-15-28(25)33)30(37)23-36(41(5,39)40)27-18-16-26(17-19-27)32(2,3)4/h7-19,29H,6,20-23H2,1-5H3,(H,34,38). The number of hydrogen-bond donors (Lipinski definition) is 1. The predicted octanol–water partition coefficient (Wildman–Crippen LogP) is 5.57. The molecule has 0 aliphatic carbocycles. The molecule has 0 spiro atoms. The van der Waals surface area contributed by atoms with Gasteiger partial charge in [-0.05, 0) is 46.7 Å². The molecule has 0 aliphatic rings. The molecule has 0 saturated carbocycles. The van der Waals surface area contributed by atoms with Gasteiger partial charge in [0.15, 0.2) is 0 Å². The Morgan fingerprint density at radius 1 is 0.927 bits per heavy atom. The van der Waals surface area contributed by atoms with E-state index in [4.69, 9.17) is 11.6 Å². The number of hydrogen-bond acceptors (Lipinski definition) is 4. The Kier molecular flexibility index (Phi) is 11.0. The van der Waals surface area contributed by atoms with Gasteiger partial charge in [0.1, 0.15) is 12.6 Å². The molecule has 1 unspecified atom stereocenters. The molecule has 3 rings (SSSR count). The summed E-state index contributed by atoms with van der Waals surface area (Å²) >= 11 is 6.48. The molecule has 2 amide bonds. The zero-order chi connectivity index (χ0) is 30.2. The third-order valence-electron chi connectivity index (χ3n) is 6.82. The van der Waals surface area contributed by atoms with E-state index in [9.17, 15) is 18.0 Å². The lowest BCUT2D eigenvalue weighted by Crippen LogP contribution is -2.53. The van der Waals surface area contributed by atoms with Crippen LogP contribution in [0.4, 0.5) is 5.69 Å². The summed E-state index contributed by atoms with van der Waals surface area (Å²) in [6, 6.07) is 22.8. The molecule has 3 aromatic carbocycles. The zero-order valence-electron chi connectivity index (χ0n) is 24.4. The van der Waals surface area contributed by atoms with Gasteiger partial charge in [-0.15, -0.1) is 0 Å². The Hall–Kier alpha value is -3.36. The topological polar surface area (TPSA) is 86.8 Å². The van der Waals surface area contributed by atoms with Crippen molar-refractivity contribution in [2.24, 2.45) is 0 Å². The van der Waals surface area contributed by atoms with Crippen LogP contribution in [-0.2, 0) is 38.0 Å². The fourth-order valence-corrected chi connectivity index (χ4v) is 5.52. The Bertz CT molecular complexity index is 1420. The van der Waals surface area contributed by atoms with E-state index < -0.39 is 28.5 Å². The second-order valence-corrected chi connectivity index (χ2v) is 13.5. The molecule has 3 aromatic rings. The van der Waals surface area contributed by atoms with Gasteiger partial charge in [-0.1, -0.05) is 100.0 Å². The highest BCUT2D eigenvalue weighted by molar-refractivity contribution is 7.92. The van der Waals surface area contributed by atoms with Gasteiger partial charge < -0.3 is 10.2 Å². The van der Waals surface area contributed by atoms with Crippen LogP contribution in [-0.4, -0.2) is 50.5 Å². The summed E-state index contributed by atoms with van der Waals surface area (Å²) in [5.41, 5.74) is 2.83. The van der Waals surface area contributed by atoms with Gasteiger partial charge in [-0.3, -0.25) is 13.9 Å². The first-order valence-electron chi connectivity index (χ1n) is 13.7. The number of rotatable bonds is 12. The van der Waals surface area contributed by atoms with Crippen molar-refractivity contribution in [1.82, 2.24) is 10.2 Å². The molecule has 0 radical (unpaired) electrons. The summed E-state index contributed by atoms with van der Waals surface area (Å²) in [5.74, 6) is -0.820. The van der Waals surface area contributed by atoms with Crippen LogP contribution in [0.3, 0.4) is 0 Å². The summed E-state index contributed by atoms with van der Waals surface area (Å²) in [6.45, 7) is 8.19. The average Bonchev–Trinajstić information content (AvgIpc) is 2.92. The number of anilines is 1. The van der Waals surface area contributed by atoms with E-state index in [0.717, 1.165) is 28.1 Å². The highest BCUT2D eigenvalue weighted by atomic mass is 35.5. The van der Waals surface area contributed by atoms with Gasteiger partial charge >= 0.3 is 0 Å². The maximum atomic E-state index is 14.1. The number of nitrogens with zero attached hydrogens (tertiary/aromatic N) is 2. The van der Waals surface area contributed by atoms with Crippen LogP contribution in [0, 0.1) is 0 Å². The molecule has 41 heavy (non-hydrogen) atoms. The van der Waals surface area contributed by atoms with E-state index in [1.54, 1.807) is 30.3 Å². The average molecular weight is 598 g/mol. The Morgan fingerprint density at radius 3 is 2.10 bits per heavy atom. The predicted molar refractivity (Wildman–Crippen MR) is 167 cm³/mol. The van der Waals surface area contributed by atoms with Crippen molar-refractivity contribution < 1.29 is 18.0 Å². The number of carbonyl (C=O) groups excluding carboxylic acids is 2. The molecule has 0 aliphatic heterocycles. The van der Waals surface area contributed by atoms with Gasteiger partial charge in [0.05, 0.1) is 11.9 Å². The van der Waals surface area contributed by atoms with Crippen molar-refractivity contribution in [2.75, 3.05) is 23.7 Å². The quantitative estimate of drug-likeness (QED) is 0.296. The van der Waals surface area contributed by atoms with Gasteiger partial charge in [-0.25, -0.2) is 8.42 Å². The lowest BCUT2D eigenvalue weighted by Gasteiger charge is -2.33. The molecule has 1 atom stereocenters. The molecule has 1 N–H and O–H groups in total. The summed E-state index contributed by atoms with van der Waals surface area (Å²) in [7, 11) is -3.84. The van der Waals surface area contributed by atoms with Crippen LogP contribution in [0.5, 0.6) is 0 Å². The molecule has 0 fully saturated rings. The minimum absolute atomic E-state index is 0.0378. The fourth-order valence-electron chi connectivity index (χ4n) is 4.47. The normalized spacial score (nSPS) is 12.4. The van der Waals surface area contributed by atoms with Crippen LogP contribution >= 0.6 is 11.6 Å². The fraction of sp³-hybridized carbons (Fsp3) is 0.375. The number of amides is 2. The summed E-state index contributed by atoms with van der Waals surface area (Å²) in [6.07, 6.45) is 2.06. The summed E-state index contributed by atoms with van der Waals surface area (Å²) in [5, 5.41) is 3.38. The van der Waals surface area contributed by atoms with Crippen molar-refractivity contribution in [3.63, 3.8) is 0 Å². The Labute approximate surface area is 249 Å². The second kappa shape index (κ2) is 14.0. The van der Waals surface area contributed by atoms with Gasteiger partial charge in [0, 0.05) is 24.5 Å². The smallest absolute Gasteiger partial charge is 0.244 e. The third-order valence-corrected chi connectivity index (χ3v) is 8.33. The largest absolute Gasteiger partial charge is 0.354 e. The maximum Gasteiger partial charge on any atom is 0.244 e. The summed E-state index contributed by atoms with van der Waals surface area (Å²) < 4.78 is 27.0. The van der Waals surface area contributed by atoms with Crippen molar-refractivity contribution in [3.8, 4) is 0 Å². The van der Waals surface area contributed by atoms with Gasteiger partial charge in [0.2, 0.25) is 21.8 Å². The van der Waals surface area contributed by atoms with Crippen LogP contribution in [0.2, 0.25) is 5.02 Å². The molecule has 220 valence electrons. The number of carbonyl (C=O) groups is 2. The van der Waals surface area contributed by atoms with E-state index in [1.807, 2.05) is 55.5 Å². The highest BCUT2D eigenvalue weighted by Gasteiger charge is 2.33. The number of sulfonamides is 1. The van der Waals surface area contributed by atoms with E-state index in [1.165, 1.54) is 4.90 Å². The molecule has 0 bridgehead atoms. The van der Waals surface area contributed by atoms with E-state index >= 15 is 0 Å². The first-order chi connectivity index (χ1) is 19.3. The third kappa shape index (κ3) is 9.07. The number of benzene rings is 3. The first kappa shape index (κ1) is 32.2. The minimum Gasteiger partial charge on any atom is -0.354 e. The second-order valence-electron chi connectivity index (χ2n) is 11.2. The lowest BCUT2D eigenvalue weighted by atomic mass is 9.87. The van der Waals surface area contributed by atoms with Crippen molar-refractivity contribution in [1.29, 1.82) is 0 Å². The molecule has 0 saturated heterocycles. The first-order valence-corrected chi connectivity index (χ1v) is 16.0. The molecule has 7 nitrogen and oxygen atoms in total. The van der Waals surface area contributed by atoms with E-state index in [0.29, 0.717) is 22.8 Å². The number of halogens is 1. The SMILES string of the molecule is CCCNC(=O)C(Cc1ccccc1)N(Cc1ccccc1Cl)C(=O)CN(c1ccc(C(C)(C)C)cc1)S(C)(=O)=O. The van der Waals surface area contributed by atoms with Crippen molar-refractivity contribution in [3.05, 3.63) is 101 Å². The molecular formula is C32H40ClN3O4S. The van der Waals surface area contributed by atoms with Gasteiger partial charge in [-0.2, -0.15) is 0 Å². The highest BCUT2D eigenvalue weighted by Crippen LogP contribution is 2.27. The lowest BCUT2D eigenvalue weighted by molar-refractivity contribution is -0.140. The Balaban J connectivity index is 2.04. The van der Waals surface area contributed by atoms with E-state index in [2.05, 4.69) is 26.1 Å². The minimum atomic E-state index is -3.84. The van der Waals surface area contributed by atoms with Gasteiger partial charge in [0.25, 0.3) is 0 Å². The van der Waals surface area contributed by atoms with Crippen LogP contribution in [0.1, 0.15) is 50.8 Å². The van der Waals surface area contributed by atoms with Crippen LogP contribution in [0.15, 0.2) is 78.9 Å². The maximum absolute atomic E-state index is 14.1. The number of nitrogens with one attached hydrogen (secondary N) is 1. The van der Waals surface area contributed by atoms with Crippen LogP contribution < -0.4 is 9.62 Å². The van der Waals surface area contributed by atoms with Crippen molar-refractivity contribution >= 4 is 39.1 Å².